The zero-order valence-corrected chi connectivity index (χ0v) is 12.8. The first-order valence-electron chi connectivity index (χ1n) is 6.40. The van der Waals surface area contributed by atoms with Crippen LogP contribution >= 0.6 is 15.9 Å². The van der Waals surface area contributed by atoms with Gasteiger partial charge in [-0.25, -0.2) is 0 Å². The van der Waals surface area contributed by atoms with Crippen molar-refractivity contribution in [2.75, 3.05) is 20.2 Å². The number of halogens is 1. The lowest BCUT2D eigenvalue weighted by atomic mass is 9.97. The monoisotopic (exact) mass is 341 g/mol. The third kappa shape index (κ3) is 3.72. The largest absolute Gasteiger partial charge is 0.469 e. The fourth-order valence-electron chi connectivity index (χ4n) is 2.18. The van der Waals surface area contributed by atoms with Gasteiger partial charge in [0.15, 0.2) is 4.67 Å². The highest BCUT2D eigenvalue weighted by atomic mass is 79.9. The Balaban J connectivity index is 1.86. The summed E-state index contributed by atoms with van der Waals surface area (Å²) in [6.45, 7) is 1.15. The van der Waals surface area contributed by atoms with Crippen molar-refractivity contribution in [3.05, 3.63) is 28.6 Å². The van der Waals surface area contributed by atoms with Crippen LogP contribution in [0.2, 0.25) is 0 Å². The van der Waals surface area contributed by atoms with Crippen LogP contribution in [0, 0.1) is 5.92 Å². The van der Waals surface area contributed by atoms with Crippen LogP contribution < -0.4 is 0 Å². The fourth-order valence-corrected chi connectivity index (χ4v) is 2.50. The molecule has 2 rings (SSSR count). The standard InChI is InChI=1S/C14H16BrNO4/c1-19-14(18)10-6-8-16(9-7-10)13(17)5-3-11-2-4-12(15)20-11/h2-5,10H,6-9H2,1H3/b5-3+. The summed E-state index contributed by atoms with van der Waals surface area (Å²) in [4.78, 5) is 25.1. The van der Waals surface area contributed by atoms with Crippen LogP contribution in [0.3, 0.4) is 0 Å². The summed E-state index contributed by atoms with van der Waals surface area (Å²) in [5.74, 6) is 0.276. The molecular formula is C14H16BrNO4. The second kappa shape index (κ2) is 6.74. The van der Waals surface area contributed by atoms with Crippen LogP contribution in [-0.2, 0) is 14.3 Å². The molecule has 0 aliphatic carbocycles. The number of esters is 1. The number of likely N-dealkylation sites (tertiary alicyclic amines) is 1. The molecule has 1 fully saturated rings. The highest BCUT2D eigenvalue weighted by Gasteiger charge is 2.26. The zero-order chi connectivity index (χ0) is 14.5. The number of nitrogens with zero attached hydrogens (tertiary/aromatic N) is 1. The predicted octanol–water partition coefficient (Wildman–Crippen LogP) is 2.47. The van der Waals surface area contributed by atoms with Crippen molar-refractivity contribution in [3.8, 4) is 0 Å². The van der Waals surface area contributed by atoms with E-state index in [0.29, 0.717) is 36.4 Å². The van der Waals surface area contributed by atoms with Crippen molar-refractivity contribution < 1.29 is 18.7 Å². The van der Waals surface area contributed by atoms with E-state index < -0.39 is 0 Å². The highest BCUT2D eigenvalue weighted by Crippen LogP contribution is 2.19. The number of hydrogen-bond donors (Lipinski definition) is 0. The fraction of sp³-hybridized carbons (Fsp3) is 0.429. The molecule has 0 bridgehead atoms. The van der Waals surface area contributed by atoms with Gasteiger partial charge in [0.1, 0.15) is 5.76 Å². The molecule has 2 heterocycles. The molecule has 5 nitrogen and oxygen atoms in total. The average Bonchev–Trinajstić information content (AvgIpc) is 2.89. The van der Waals surface area contributed by atoms with Gasteiger partial charge in [-0.1, -0.05) is 0 Å². The van der Waals surface area contributed by atoms with Crippen LogP contribution in [0.25, 0.3) is 6.08 Å². The molecule has 1 saturated heterocycles. The minimum atomic E-state index is -0.187. The Bertz CT molecular complexity index is 515. The number of furan rings is 1. The van der Waals surface area contributed by atoms with Gasteiger partial charge in [0, 0.05) is 19.2 Å². The lowest BCUT2D eigenvalue weighted by Crippen LogP contribution is -2.39. The molecular weight excluding hydrogens is 326 g/mol. The Kier molecular flexibility index (Phi) is 5.00. The summed E-state index contributed by atoms with van der Waals surface area (Å²) >= 11 is 3.20. The normalized spacial score (nSPS) is 16.6. The average molecular weight is 342 g/mol. The van der Waals surface area contributed by atoms with E-state index in [1.54, 1.807) is 23.1 Å². The summed E-state index contributed by atoms with van der Waals surface area (Å²) in [5.41, 5.74) is 0. The molecule has 0 N–H and O–H groups in total. The van der Waals surface area contributed by atoms with E-state index in [2.05, 4.69) is 15.9 Å². The maximum atomic E-state index is 12.0. The Hall–Kier alpha value is -1.56. The van der Waals surface area contributed by atoms with Crippen LogP contribution in [-0.4, -0.2) is 37.0 Å². The van der Waals surface area contributed by atoms with Crippen LogP contribution in [0.1, 0.15) is 18.6 Å². The van der Waals surface area contributed by atoms with Gasteiger partial charge in [0.05, 0.1) is 13.0 Å². The summed E-state index contributed by atoms with van der Waals surface area (Å²) < 4.78 is 10.6. The van der Waals surface area contributed by atoms with E-state index in [9.17, 15) is 9.59 Å². The molecule has 1 amide bonds. The van der Waals surface area contributed by atoms with Gasteiger partial charge >= 0.3 is 5.97 Å². The molecule has 0 radical (unpaired) electrons. The van der Waals surface area contributed by atoms with Crippen molar-refractivity contribution in [2.45, 2.75) is 12.8 Å². The van der Waals surface area contributed by atoms with E-state index in [4.69, 9.17) is 9.15 Å². The maximum absolute atomic E-state index is 12.0. The third-order valence-corrected chi connectivity index (χ3v) is 3.75. The predicted molar refractivity (Wildman–Crippen MR) is 76.8 cm³/mol. The molecule has 1 aromatic heterocycles. The van der Waals surface area contributed by atoms with E-state index in [1.165, 1.54) is 13.2 Å². The van der Waals surface area contributed by atoms with Crippen LogP contribution in [0.4, 0.5) is 0 Å². The Labute approximate surface area is 125 Å². The summed E-state index contributed by atoms with van der Waals surface area (Å²) in [6.07, 6.45) is 4.43. The third-order valence-electron chi connectivity index (χ3n) is 3.33. The number of methoxy groups -OCH3 is 1. The second-order valence-corrected chi connectivity index (χ2v) is 5.38. The van der Waals surface area contributed by atoms with E-state index in [0.717, 1.165) is 0 Å². The van der Waals surface area contributed by atoms with Crippen LogP contribution in [0.5, 0.6) is 0 Å². The van der Waals surface area contributed by atoms with E-state index in [1.807, 2.05) is 0 Å². The molecule has 0 spiro atoms. The quantitative estimate of drug-likeness (QED) is 0.625. The van der Waals surface area contributed by atoms with Gasteiger partial charge in [-0.2, -0.15) is 0 Å². The Morgan fingerprint density at radius 3 is 2.65 bits per heavy atom. The van der Waals surface area contributed by atoms with Gasteiger partial charge in [0.2, 0.25) is 5.91 Å². The minimum absolute atomic E-state index is 0.0687. The maximum Gasteiger partial charge on any atom is 0.308 e. The van der Waals surface area contributed by atoms with Gasteiger partial charge in [-0.3, -0.25) is 9.59 Å². The zero-order valence-electron chi connectivity index (χ0n) is 11.2. The minimum Gasteiger partial charge on any atom is -0.469 e. The smallest absolute Gasteiger partial charge is 0.308 e. The molecule has 1 aliphatic rings. The Morgan fingerprint density at radius 2 is 2.10 bits per heavy atom. The SMILES string of the molecule is COC(=O)C1CCN(C(=O)/C=C/c2ccc(Br)o2)CC1. The molecule has 1 aromatic rings. The summed E-state index contributed by atoms with van der Waals surface area (Å²) in [7, 11) is 1.39. The molecule has 108 valence electrons. The van der Waals surface area contributed by atoms with Gasteiger partial charge in [-0.15, -0.1) is 0 Å². The van der Waals surface area contributed by atoms with Gasteiger partial charge in [0.25, 0.3) is 0 Å². The van der Waals surface area contributed by atoms with Crippen molar-refractivity contribution >= 4 is 33.9 Å². The second-order valence-electron chi connectivity index (χ2n) is 4.60. The number of piperidine rings is 1. The summed E-state index contributed by atoms with van der Waals surface area (Å²) in [6, 6.07) is 3.54. The molecule has 1 aliphatic heterocycles. The first-order valence-corrected chi connectivity index (χ1v) is 7.19. The molecule has 0 unspecified atom stereocenters. The molecule has 20 heavy (non-hydrogen) atoms. The lowest BCUT2D eigenvalue weighted by Gasteiger charge is -2.29. The first kappa shape index (κ1) is 14.8. The van der Waals surface area contributed by atoms with Crippen molar-refractivity contribution in [1.82, 2.24) is 4.90 Å². The number of ether oxygens (including phenoxy) is 1. The molecule has 0 atom stereocenters. The Morgan fingerprint density at radius 1 is 1.40 bits per heavy atom. The van der Waals surface area contributed by atoms with Crippen molar-refractivity contribution in [2.24, 2.45) is 5.92 Å². The number of amides is 1. The number of carbonyl (C=O) groups excluding carboxylic acids is 2. The number of rotatable bonds is 3. The van der Waals surface area contributed by atoms with Crippen LogP contribution in [0.15, 0.2) is 27.3 Å². The number of carbonyl (C=O) groups is 2. The lowest BCUT2D eigenvalue weighted by molar-refractivity contribution is -0.148. The van der Waals surface area contributed by atoms with E-state index in [-0.39, 0.29) is 17.8 Å². The molecule has 0 saturated carbocycles. The van der Waals surface area contributed by atoms with E-state index >= 15 is 0 Å². The first-order chi connectivity index (χ1) is 9.60. The topological polar surface area (TPSA) is 59.8 Å². The molecule has 6 heteroatoms. The van der Waals surface area contributed by atoms with Crippen molar-refractivity contribution in [1.29, 1.82) is 0 Å². The van der Waals surface area contributed by atoms with Crippen molar-refractivity contribution in [3.63, 3.8) is 0 Å². The summed E-state index contributed by atoms with van der Waals surface area (Å²) in [5, 5.41) is 0. The van der Waals surface area contributed by atoms with Gasteiger partial charge < -0.3 is 14.1 Å². The van der Waals surface area contributed by atoms with Gasteiger partial charge in [-0.05, 0) is 47.0 Å². The number of hydrogen-bond acceptors (Lipinski definition) is 4. The molecule has 0 aromatic carbocycles. The highest BCUT2D eigenvalue weighted by molar-refractivity contribution is 9.10.